The number of benzene rings is 1. The summed E-state index contributed by atoms with van der Waals surface area (Å²) < 4.78 is 1.44. The third-order valence-corrected chi connectivity index (χ3v) is 5.94. The maximum atomic E-state index is 13.2. The van der Waals surface area contributed by atoms with Gasteiger partial charge in [-0.1, -0.05) is 19.1 Å². The van der Waals surface area contributed by atoms with Crippen molar-refractivity contribution < 1.29 is 4.79 Å². The first-order valence-corrected chi connectivity index (χ1v) is 10.3. The van der Waals surface area contributed by atoms with E-state index in [1.165, 1.54) is 10.9 Å². The number of aryl methyl sites for hydroxylation is 3. The van der Waals surface area contributed by atoms with Crippen LogP contribution in [0.4, 0.5) is 5.69 Å². The Labute approximate surface area is 170 Å². The molecule has 1 aromatic carbocycles. The largest absolute Gasteiger partial charge is 0.324 e. The standard InChI is InChI=1S/C23H26N4O2/c1-4-20(22(28)26-18-11-7-8-14(2)15(18)3)27-13-24-21-17(23(27)29)12-16-9-5-6-10-19(16)25-21/h7-8,11-13,20H,4-6,9-10H2,1-3H3,(H,26,28)/t20-/m1/s1. The fourth-order valence-corrected chi connectivity index (χ4v) is 4.02. The molecule has 0 saturated heterocycles. The topological polar surface area (TPSA) is 76.9 Å². The van der Waals surface area contributed by atoms with Gasteiger partial charge in [0.05, 0.1) is 5.39 Å². The zero-order valence-electron chi connectivity index (χ0n) is 17.2. The highest BCUT2D eigenvalue weighted by molar-refractivity contribution is 5.94. The molecule has 0 fully saturated rings. The van der Waals surface area contributed by atoms with Crippen molar-refractivity contribution in [1.82, 2.24) is 14.5 Å². The van der Waals surface area contributed by atoms with Gasteiger partial charge in [-0.25, -0.2) is 9.97 Å². The SMILES string of the molecule is CC[C@H](C(=O)Nc1cccc(C)c1C)n1cnc2nc3c(cc2c1=O)CCCC3. The van der Waals surface area contributed by atoms with Gasteiger partial charge in [0.25, 0.3) is 5.56 Å². The van der Waals surface area contributed by atoms with Crippen molar-refractivity contribution in [3.05, 3.63) is 63.3 Å². The monoisotopic (exact) mass is 390 g/mol. The molecule has 0 radical (unpaired) electrons. The molecule has 0 spiro atoms. The van der Waals surface area contributed by atoms with Gasteiger partial charge in [0, 0.05) is 11.4 Å². The second-order valence-electron chi connectivity index (χ2n) is 7.79. The Morgan fingerprint density at radius 2 is 2.03 bits per heavy atom. The van der Waals surface area contributed by atoms with Crippen LogP contribution in [0.2, 0.25) is 0 Å². The van der Waals surface area contributed by atoms with Gasteiger partial charge in [-0.15, -0.1) is 0 Å². The lowest BCUT2D eigenvalue weighted by Crippen LogP contribution is -2.33. The van der Waals surface area contributed by atoms with Crippen molar-refractivity contribution in [3.63, 3.8) is 0 Å². The van der Waals surface area contributed by atoms with Crippen molar-refractivity contribution in [2.75, 3.05) is 5.32 Å². The Morgan fingerprint density at radius 3 is 2.83 bits per heavy atom. The molecule has 29 heavy (non-hydrogen) atoms. The van der Waals surface area contributed by atoms with Crippen LogP contribution in [0.1, 0.15) is 54.6 Å². The number of hydrogen-bond donors (Lipinski definition) is 1. The van der Waals surface area contributed by atoms with E-state index in [9.17, 15) is 9.59 Å². The van der Waals surface area contributed by atoms with Gasteiger partial charge in [-0.2, -0.15) is 0 Å². The van der Waals surface area contributed by atoms with E-state index in [1.54, 1.807) is 0 Å². The van der Waals surface area contributed by atoms with Crippen LogP contribution in [-0.4, -0.2) is 20.4 Å². The highest BCUT2D eigenvalue weighted by Gasteiger charge is 2.23. The van der Waals surface area contributed by atoms with E-state index in [-0.39, 0.29) is 11.5 Å². The molecule has 1 aliphatic carbocycles. The Balaban J connectivity index is 1.71. The minimum Gasteiger partial charge on any atom is -0.324 e. The number of fused-ring (bicyclic) bond motifs is 2. The number of carbonyl (C=O) groups excluding carboxylic acids is 1. The second kappa shape index (κ2) is 7.78. The van der Waals surface area contributed by atoms with E-state index >= 15 is 0 Å². The van der Waals surface area contributed by atoms with Gasteiger partial charge < -0.3 is 5.32 Å². The number of nitrogens with one attached hydrogen (secondary N) is 1. The molecule has 3 aromatic rings. The molecule has 1 amide bonds. The summed E-state index contributed by atoms with van der Waals surface area (Å²) in [5, 5.41) is 3.48. The molecule has 2 heterocycles. The van der Waals surface area contributed by atoms with Crippen LogP contribution < -0.4 is 10.9 Å². The molecule has 150 valence electrons. The Morgan fingerprint density at radius 1 is 1.24 bits per heavy atom. The van der Waals surface area contributed by atoms with Crippen molar-refractivity contribution in [1.29, 1.82) is 0 Å². The van der Waals surface area contributed by atoms with Gasteiger partial charge in [0.1, 0.15) is 12.4 Å². The molecule has 0 saturated carbocycles. The van der Waals surface area contributed by atoms with Crippen molar-refractivity contribution in [3.8, 4) is 0 Å². The number of carbonyl (C=O) groups is 1. The zero-order valence-corrected chi connectivity index (χ0v) is 17.2. The van der Waals surface area contributed by atoms with Crippen molar-refractivity contribution in [2.45, 2.75) is 58.9 Å². The summed E-state index contributed by atoms with van der Waals surface area (Å²) in [5.41, 5.74) is 5.34. The maximum absolute atomic E-state index is 13.2. The Bertz CT molecular complexity index is 1150. The predicted octanol–water partition coefficient (Wildman–Crippen LogP) is 3.88. The highest BCUT2D eigenvalue weighted by atomic mass is 16.2. The van der Waals surface area contributed by atoms with Crippen molar-refractivity contribution in [2.24, 2.45) is 0 Å². The summed E-state index contributed by atoms with van der Waals surface area (Å²) in [5.74, 6) is -0.213. The third-order valence-electron chi connectivity index (χ3n) is 5.94. The second-order valence-corrected chi connectivity index (χ2v) is 7.79. The van der Waals surface area contributed by atoms with Crippen LogP contribution in [-0.2, 0) is 17.6 Å². The van der Waals surface area contributed by atoms with Gasteiger partial charge in [0.15, 0.2) is 5.65 Å². The number of pyridine rings is 1. The van der Waals surface area contributed by atoms with Gasteiger partial charge in [0.2, 0.25) is 5.91 Å². The molecular formula is C23H26N4O2. The number of aromatic nitrogens is 3. The van der Waals surface area contributed by atoms with E-state index in [2.05, 4.69) is 15.3 Å². The Kier molecular flexibility index (Phi) is 5.18. The zero-order chi connectivity index (χ0) is 20.5. The highest BCUT2D eigenvalue weighted by Crippen LogP contribution is 2.23. The third kappa shape index (κ3) is 3.55. The van der Waals surface area contributed by atoms with E-state index in [1.807, 2.05) is 45.0 Å². The van der Waals surface area contributed by atoms with Gasteiger partial charge >= 0.3 is 0 Å². The minimum absolute atomic E-state index is 0.209. The molecule has 0 unspecified atom stereocenters. The van der Waals surface area contributed by atoms with Crippen LogP contribution in [0.25, 0.3) is 11.0 Å². The van der Waals surface area contributed by atoms with Crippen LogP contribution in [0.3, 0.4) is 0 Å². The molecular weight excluding hydrogens is 364 g/mol. The molecule has 1 atom stereocenters. The molecule has 6 nitrogen and oxygen atoms in total. The molecule has 6 heteroatoms. The number of amides is 1. The maximum Gasteiger partial charge on any atom is 0.263 e. The number of anilines is 1. The summed E-state index contributed by atoms with van der Waals surface area (Å²) >= 11 is 0. The van der Waals surface area contributed by atoms with E-state index < -0.39 is 6.04 Å². The summed E-state index contributed by atoms with van der Waals surface area (Å²) in [6, 6.07) is 7.10. The lowest BCUT2D eigenvalue weighted by atomic mass is 9.95. The number of rotatable bonds is 4. The van der Waals surface area contributed by atoms with Crippen LogP contribution in [0.5, 0.6) is 0 Å². The molecule has 1 N–H and O–H groups in total. The lowest BCUT2D eigenvalue weighted by Gasteiger charge is -2.20. The summed E-state index contributed by atoms with van der Waals surface area (Å²) in [4.78, 5) is 35.2. The van der Waals surface area contributed by atoms with E-state index in [0.29, 0.717) is 17.5 Å². The average Bonchev–Trinajstić information content (AvgIpc) is 2.72. The minimum atomic E-state index is -0.629. The number of nitrogens with zero attached hydrogens (tertiary/aromatic N) is 3. The van der Waals surface area contributed by atoms with Crippen LogP contribution >= 0.6 is 0 Å². The van der Waals surface area contributed by atoms with E-state index in [4.69, 9.17) is 0 Å². The van der Waals surface area contributed by atoms with Crippen LogP contribution in [0.15, 0.2) is 35.4 Å². The normalized spacial score (nSPS) is 14.4. The average molecular weight is 390 g/mol. The van der Waals surface area contributed by atoms with Gasteiger partial charge in [-0.3, -0.25) is 14.2 Å². The molecule has 0 bridgehead atoms. The molecule has 0 aliphatic heterocycles. The predicted molar refractivity (Wildman–Crippen MR) is 114 cm³/mol. The fourth-order valence-electron chi connectivity index (χ4n) is 4.02. The smallest absolute Gasteiger partial charge is 0.263 e. The first kappa shape index (κ1) is 19.3. The lowest BCUT2D eigenvalue weighted by molar-refractivity contribution is -0.119. The Hall–Kier alpha value is -3.02. The summed E-state index contributed by atoms with van der Waals surface area (Å²) in [7, 11) is 0. The number of hydrogen-bond acceptors (Lipinski definition) is 4. The first-order chi connectivity index (χ1) is 14.0. The quantitative estimate of drug-likeness (QED) is 0.733. The summed E-state index contributed by atoms with van der Waals surface area (Å²) in [6.45, 7) is 5.88. The molecule has 4 rings (SSSR count). The molecule has 2 aromatic heterocycles. The molecule has 1 aliphatic rings. The van der Waals surface area contributed by atoms with Crippen molar-refractivity contribution >= 4 is 22.6 Å². The van der Waals surface area contributed by atoms with Gasteiger partial charge in [-0.05, 0) is 74.8 Å². The summed E-state index contributed by atoms with van der Waals surface area (Å²) in [6.07, 6.45) is 6.07. The fraction of sp³-hybridized carbons (Fsp3) is 0.391. The van der Waals surface area contributed by atoms with E-state index in [0.717, 1.165) is 53.8 Å². The first-order valence-electron chi connectivity index (χ1n) is 10.3. The van der Waals surface area contributed by atoms with Crippen LogP contribution in [0, 0.1) is 13.8 Å².